The van der Waals surface area contributed by atoms with Crippen molar-refractivity contribution in [2.45, 2.75) is 77.2 Å². The van der Waals surface area contributed by atoms with Crippen LogP contribution >= 0.6 is 0 Å². The predicted octanol–water partition coefficient (Wildman–Crippen LogP) is 3.56. The van der Waals surface area contributed by atoms with Gasteiger partial charge in [0.2, 0.25) is 5.91 Å². The first-order valence-corrected chi connectivity index (χ1v) is 31.6. The number of carboxylic acid groups (broad SMARTS) is 1. The fourth-order valence-corrected chi connectivity index (χ4v) is 11.0. The molecule has 8 N–H and O–H groups in total. The van der Waals surface area contributed by atoms with Crippen molar-refractivity contribution in [2.24, 2.45) is 44.3 Å². The second-order valence-corrected chi connectivity index (χ2v) is 23.0. The highest BCUT2D eigenvalue weighted by Crippen LogP contribution is 2.24. The van der Waals surface area contributed by atoms with Gasteiger partial charge in [-0.1, -0.05) is 91.0 Å². The largest absolute Gasteiger partial charge is 0.478 e. The second-order valence-electron chi connectivity index (χ2n) is 23.0. The Bertz CT molecular complexity index is 4390. The van der Waals surface area contributed by atoms with Gasteiger partial charge in [0.25, 0.3) is 23.2 Å². The van der Waals surface area contributed by atoms with Crippen molar-refractivity contribution < 1.29 is 29.3 Å². The topological polar surface area (TPSA) is 392 Å². The van der Waals surface area contributed by atoms with Crippen molar-refractivity contribution in [3.05, 3.63) is 253 Å². The van der Waals surface area contributed by atoms with Crippen LogP contribution in [0, 0.1) is 39.9 Å². The van der Waals surface area contributed by atoms with Crippen molar-refractivity contribution in [1.29, 1.82) is 15.8 Å². The Balaban J connectivity index is 0.000000202. The molecule has 3 aliphatic rings. The Morgan fingerprint density at radius 3 is 1.14 bits per heavy atom. The van der Waals surface area contributed by atoms with Gasteiger partial charge in [0.15, 0.2) is 0 Å². The summed E-state index contributed by atoms with van der Waals surface area (Å²) < 4.78 is 12.3. The Labute approximate surface area is 565 Å². The van der Waals surface area contributed by atoms with Crippen molar-refractivity contribution >= 4 is 35.8 Å². The lowest BCUT2D eigenvalue weighted by atomic mass is 9.97. The number of nitrogens with zero attached hydrogens (tertiary/aromatic N) is 12. The van der Waals surface area contributed by atoms with E-state index in [1.807, 2.05) is 45.0 Å². The van der Waals surface area contributed by atoms with Crippen LogP contribution in [0.2, 0.25) is 0 Å². The van der Waals surface area contributed by atoms with Gasteiger partial charge in [-0.15, -0.1) is 0 Å². The summed E-state index contributed by atoms with van der Waals surface area (Å²) in [6.45, 7) is 6.66. The number of aromatic nitrogens is 6. The molecule has 512 valence electrons. The number of amides is 1. The van der Waals surface area contributed by atoms with Crippen molar-refractivity contribution in [3.8, 4) is 24.0 Å². The number of benzene rings is 5. The van der Waals surface area contributed by atoms with Crippen LogP contribution < -0.4 is 70.4 Å². The van der Waals surface area contributed by atoms with E-state index < -0.39 is 28.6 Å². The van der Waals surface area contributed by atoms with Crippen LogP contribution in [0.4, 0.5) is 17.5 Å². The number of primary amides is 1. The smallest absolute Gasteiger partial charge is 0.335 e. The van der Waals surface area contributed by atoms with Crippen LogP contribution in [0.1, 0.15) is 89.2 Å². The van der Waals surface area contributed by atoms with Gasteiger partial charge >= 0.3 is 23.0 Å². The maximum absolute atomic E-state index is 12.8. The van der Waals surface area contributed by atoms with Gasteiger partial charge in [0.1, 0.15) is 23.2 Å². The molecule has 0 saturated carbocycles. The summed E-state index contributed by atoms with van der Waals surface area (Å²) in [4.78, 5) is 112. The molecule has 3 aromatic heterocycles. The molecule has 27 nitrogen and oxygen atoms in total. The lowest BCUT2D eigenvalue weighted by Crippen LogP contribution is -2.47. The maximum Gasteiger partial charge on any atom is 0.335 e. The third-order valence-electron chi connectivity index (χ3n) is 16.2. The number of hydrogen-bond acceptors (Lipinski definition) is 19. The Hall–Kier alpha value is -11.7. The highest BCUT2D eigenvalue weighted by molar-refractivity contribution is 5.87. The number of hydrogen-bond donors (Lipinski definition) is 5. The van der Waals surface area contributed by atoms with E-state index in [9.17, 15) is 58.9 Å². The summed E-state index contributed by atoms with van der Waals surface area (Å²) in [5, 5.41) is 43.9. The fourth-order valence-electron chi connectivity index (χ4n) is 11.0. The van der Waals surface area contributed by atoms with E-state index in [1.54, 1.807) is 119 Å². The molecular weight excluding hydrogens is 1250 g/mol. The number of rotatable bonds is 13. The number of aromatic carboxylic acids is 1. The molecule has 0 spiro atoms. The Morgan fingerprint density at radius 1 is 0.520 bits per heavy atom. The molecule has 6 heterocycles. The monoisotopic (exact) mass is 1340 g/mol. The average molecular weight is 1340 g/mol. The van der Waals surface area contributed by atoms with E-state index in [2.05, 4.69) is 22.9 Å². The molecule has 3 atom stereocenters. The number of para-hydroxylation sites is 1. The zero-order chi connectivity index (χ0) is 71.4. The summed E-state index contributed by atoms with van der Waals surface area (Å²) >= 11 is 0. The fraction of sp³-hybridized carbons (Fsp3) is 0.324. The number of nitriles is 3. The number of carboxylic acids is 1. The molecule has 1 amide bonds. The van der Waals surface area contributed by atoms with E-state index in [-0.39, 0.29) is 61.3 Å². The zero-order valence-corrected chi connectivity index (χ0v) is 55.1. The summed E-state index contributed by atoms with van der Waals surface area (Å²) in [5.74, 6) is 0.571. The number of ether oxygens (including phenoxy) is 1. The molecule has 98 heavy (non-hydrogen) atoms. The average Bonchev–Trinajstić information content (AvgIpc) is 0.799. The third kappa shape index (κ3) is 20.7. The lowest BCUT2D eigenvalue weighted by molar-refractivity contribution is -0.122. The molecular formula is C71H81N15O12. The van der Waals surface area contributed by atoms with Crippen LogP contribution in [-0.4, -0.2) is 114 Å². The lowest BCUT2D eigenvalue weighted by Gasteiger charge is -2.34. The number of aliphatic hydroxyl groups is 1. The first-order valence-electron chi connectivity index (χ1n) is 31.6. The van der Waals surface area contributed by atoms with Gasteiger partial charge in [-0.3, -0.25) is 51.4 Å². The van der Waals surface area contributed by atoms with Gasteiger partial charge in [-0.05, 0) is 105 Å². The summed E-state index contributed by atoms with van der Waals surface area (Å²) in [7, 11) is 4.34. The minimum absolute atomic E-state index is 0.0211. The first kappa shape index (κ1) is 75.3. The van der Waals surface area contributed by atoms with Crippen molar-refractivity contribution in [3.63, 3.8) is 0 Å². The van der Waals surface area contributed by atoms with Crippen molar-refractivity contribution in [2.75, 3.05) is 60.6 Å². The third-order valence-corrected chi connectivity index (χ3v) is 16.2. The number of carbonyl (C=O) groups is 3. The minimum atomic E-state index is -0.879. The summed E-state index contributed by atoms with van der Waals surface area (Å²) in [6.07, 6.45) is 5.13. The number of carbonyl (C=O) groups excluding carboxylic acids is 2. The molecule has 27 heteroatoms. The van der Waals surface area contributed by atoms with Gasteiger partial charge in [0.05, 0.1) is 66.0 Å². The van der Waals surface area contributed by atoms with Crippen LogP contribution in [0.15, 0.2) is 180 Å². The second kappa shape index (κ2) is 37.4. The molecule has 8 aromatic rings. The number of anilines is 3. The van der Waals surface area contributed by atoms with Gasteiger partial charge in [-0.2, -0.15) is 15.8 Å². The van der Waals surface area contributed by atoms with Crippen LogP contribution in [0.3, 0.4) is 0 Å². The van der Waals surface area contributed by atoms with Crippen LogP contribution in [0.25, 0.3) is 0 Å². The number of piperidine rings is 3. The molecule has 3 aliphatic heterocycles. The van der Waals surface area contributed by atoms with Gasteiger partial charge < -0.3 is 46.9 Å². The molecule has 3 saturated heterocycles. The SMILES string of the molecule is CCO.Cn1c(=O)cc(N2CCC[C@@H](C(N)=O)C2)n(Cc2ccccc2C#N)c1=O.Cn1c(=O)cc(N2CCC[C@@H](N)C2)n(Cc2ccccc2C#N)c1=O.Cn1c(=O)cc(N2CCC[C@@H](N)C2)n(Cc2ccccc2C#N)c1=O.O=C(O)c1ccccc1.O=COc1ccccc1. The van der Waals surface area contributed by atoms with Gasteiger partial charge in [0, 0.05) is 97.3 Å². The minimum Gasteiger partial charge on any atom is -0.478 e. The van der Waals surface area contributed by atoms with Crippen LogP contribution in [-0.2, 0) is 50.4 Å². The molecule has 0 aliphatic carbocycles. The molecule has 5 aromatic carbocycles. The molecule has 0 bridgehead atoms. The first-order chi connectivity index (χ1) is 47.1. The van der Waals surface area contributed by atoms with Crippen molar-refractivity contribution in [1.82, 2.24) is 27.4 Å². The highest BCUT2D eigenvalue weighted by Gasteiger charge is 2.28. The van der Waals surface area contributed by atoms with Crippen LogP contribution in [0.5, 0.6) is 5.75 Å². The normalized spacial score (nSPS) is 15.2. The number of nitrogens with two attached hydrogens (primary N) is 3. The van der Waals surface area contributed by atoms with E-state index in [4.69, 9.17) is 27.4 Å². The summed E-state index contributed by atoms with van der Waals surface area (Å²) in [5.41, 5.74) is 19.2. The molecule has 11 rings (SSSR count). The van der Waals surface area contributed by atoms with Gasteiger partial charge in [-0.25, -0.2) is 19.2 Å². The Kier molecular flexibility index (Phi) is 28.8. The van der Waals surface area contributed by atoms with E-state index in [0.717, 1.165) is 70.0 Å². The predicted molar refractivity (Wildman–Crippen MR) is 371 cm³/mol. The molecule has 3 fully saturated rings. The molecule has 0 radical (unpaired) electrons. The zero-order valence-electron chi connectivity index (χ0n) is 55.1. The quantitative estimate of drug-likeness (QED) is 0.103. The standard InChI is InChI=1S/C19H21N5O3.2C18H21N5O2.2C7H6O2.C2H6O/c1-22-17(25)9-16(23-8-4-7-15(11-23)18(21)26)24(19(22)27)12-14-6-3-2-5-13(14)10-20;2*1-21-17(24)9-16(22-8-4-7-15(20)12-22)23(18(21)25)11-14-6-3-2-5-13(14)10-19;8-6-9-7-4-2-1-3-5-7;8-7(9)6-4-2-1-3-5-6;1-2-3/h2-3,5-6,9,15H,4,7-8,11-12H2,1H3,(H2,21,26);2*2-3,5-6,9,15H,4,7-8,11-12,20H2,1H3;1-6H;1-5H,(H,8,9);3H,2H2,1H3/t3*15-;;;/m111.../s1. The maximum atomic E-state index is 12.8. The summed E-state index contributed by atoms with van der Waals surface area (Å²) in [6, 6.07) is 49.4. The molecule has 0 unspecified atom stereocenters. The highest BCUT2D eigenvalue weighted by atomic mass is 16.5. The van der Waals surface area contributed by atoms with E-state index >= 15 is 0 Å². The van der Waals surface area contributed by atoms with E-state index in [0.29, 0.717) is 90.1 Å². The van der Waals surface area contributed by atoms with E-state index in [1.165, 1.54) is 43.9 Å². The Morgan fingerprint density at radius 2 is 0.837 bits per heavy atom. The number of aliphatic hydroxyl groups excluding tert-OH is 1.